The van der Waals surface area contributed by atoms with Crippen LogP contribution in [0.3, 0.4) is 0 Å². The van der Waals surface area contributed by atoms with E-state index in [0.717, 1.165) is 17.8 Å². The van der Waals surface area contributed by atoms with Crippen molar-refractivity contribution in [3.63, 3.8) is 0 Å². The van der Waals surface area contributed by atoms with Crippen molar-refractivity contribution in [2.45, 2.75) is 20.0 Å². The summed E-state index contributed by atoms with van der Waals surface area (Å²) < 4.78 is 43.3. The number of carbonyl (C=O) groups excluding carboxylic acids is 1. The Balaban J connectivity index is 0.00000280. The maximum Gasteiger partial charge on any atom is 0.416 e. The molecule has 0 saturated carbocycles. The molecule has 1 N–H and O–H groups in total. The number of aryl methyl sites for hydroxylation is 1. The molecule has 0 bridgehead atoms. The standard InChI is InChI=1S/C19H16F3N3O2.ClH/c1-3-27-18(26)15-10-23-17-14(9-4-11(2)24-17)16(15)25-13-7-5-12(6-8-13)19(20,21)22;/h4-10H,3H2,1-2H3,(H,23,24,25);1H. The predicted octanol–water partition coefficient (Wildman–Crippen LogP) is 5.30. The van der Waals surface area contributed by atoms with Crippen LogP contribution in [0.15, 0.2) is 42.6 Å². The lowest BCUT2D eigenvalue weighted by molar-refractivity contribution is -0.137. The van der Waals surface area contributed by atoms with Gasteiger partial charge in [0.2, 0.25) is 0 Å². The fourth-order valence-electron chi connectivity index (χ4n) is 2.56. The molecular formula is C19H17ClF3N3O2. The average Bonchev–Trinajstić information content (AvgIpc) is 2.61. The summed E-state index contributed by atoms with van der Waals surface area (Å²) in [5, 5.41) is 3.57. The van der Waals surface area contributed by atoms with E-state index in [1.54, 1.807) is 19.1 Å². The van der Waals surface area contributed by atoms with Gasteiger partial charge in [0.05, 0.1) is 17.9 Å². The lowest BCUT2D eigenvalue weighted by Crippen LogP contribution is -2.10. The summed E-state index contributed by atoms with van der Waals surface area (Å²) in [6, 6.07) is 8.05. The SMILES string of the molecule is CCOC(=O)c1cnc2nc(C)ccc2c1Nc1ccc(C(F)(F)F)cc1.Cl. The third kappa shape index (κ3) is 4.51. The van der Waals surface area contributed by atoms with E-state index in [9.17, 15) is 18.0 Å². The number of carbonyl (C=O) groups is 1. The van der Waals surface area contributed by atoms with Crippen LogP contribution >= 0.6 is 12.4 Å². The van der Waals surface area contributed by atoms with Crippen molar-refractivity contribution in [3.8, 4) is 0 Å². The number of ether oxygens (including phenoxy) is 1. The Morgan fingerprint density at radius 2 is 1.82 bits per heavy atom. The number of hydrogen-bond donors (Lipinski definition) is 1. The van der Waals surface area contributed by atoms with E-state index >= 15 is 0 Å². The van der Waals surface area contributed by atoms with E-state index in [0.29, 0.717) is 22.4 Å². The number of nitrogens with zero attached hydrogens (tertiary/aromatic N) is 2. The summed E-state index contributed by atoms with van der Waals surface area (Å²) in [5.41, 5.74) is 1.36. The van der Waals surface area contributed by atoms with Gasteiger partial charge < -0.3 is 10.1 Å². The van der Waals surface area contributed by atoms with Crippen LogP contribution in [-0.4, -0.2) is 22.5 Å². The molecule has 0 unspecified atom stereocenters. The van der Waals surface area contributed by atoms with Crippen LogP contribution in [-0.2, 0) is 10.9 Å². The van der Waals surface area contributed by atoms with Crippen LogP contribution in [0, 0.1) is 6.92 Å². The number of esters is 1. The molecule has 0 aliphatic rings. The molecule has 0 aliphatic carbocycles. The number of halogens is 4. The van der Waals surface area contributed by atoms with Crippen molar-refractivity contribution in [3.05, 3.63) is 59.4 Å². The molecule has 28 heavy (non-hydrogen) atoms. The first kappa shape index (κ1) is 21.4. The van der Waals surface area contributed by atoms with Gasteiger partial charge >= 0.3 is 12.1 Å². The van der Waals surface area contributed by atoms with Crippen LogP contribution < -0.4 is 5.32 Å². The maximum absolute atomic E-state index is 12.7. The van der Waals surface area contributed by atoms with Gasteiger partial charge in [-0.05, 0) is 50.2 Å². The minimum atomic E-state index is -4.42. The molecule has 3 rings (SSSR count). The molecule has 0 amide bonds. The molecule has 0 fully saturated rings. The molecule has 0 aliphatic heterocycles. The van der Waals surface area contributed by atoms with Gasteiger partial charge in [0.25, 0.3) is 0 Å². The Kier molecular flexibility index (Phi) is 6.45. The number of fused-ring (bicyclic) bond motifs is 1. The molecule has 1 aromatic carbocycles. The first-order valence-corrected chi connectivity index (χ1v) is 8.17. The number of aromatic nitrogens is 2. The highest BCUT2D eigenvalue weighted by Crippen LogP contribution is 2.32. The van der Waals surface area contributed by atoms with Gasteiger partial charge in [-0.1, -0.05) is 0 Å². The van der Waals surface area contributed by atoms with E-state index in [1.807, 2.05) is 6.92 Å². The molecular weight excluding hydrogens is 395 g/mol. The number of anilines is 2. The molecule has 2 heterocycles. The van der Waals surface area contributed by atoms with Gasteiger partial charge in [-0.25, -0.2) is 14.8 Å². The number of pyridine rings is 2. The smallest absolute Gasteiger partial charge is 0.416 e. The highest BCUT2D eigenvalue weighted by Gasteiger charge is 2.30. The van der Waals surface area contributed by atoms with E-state index in [4.69, 9.17) is 4.74 Å². The van der Waals surface area contributed by atoms with E-state index in [-0.39, 0.29) is 24.6 Å². The minimum absolute atomic E-state index is 0. The predicted molar refractivity (Wildman–Crippen MR) is 102 cm³/mol. The topological polar surface area (TPSA) is 64.1 Å². The molecule has 0 radical (unpaired) electrons. The molecule has 0 saturated heterocycles. The van der Waals surface area contributed by atoms with E-state index in [2.05, 4.69) is 15.3 Å². The second kappa shape index (κ2) is 8.43. The molecule has 3 aromatic rings. The van der Waals surface area contributed by atoms with Gasteiger partial charge in [0.1, 0.15) is 5.56 Å². The van der Waals surface area contributed by atoms with Gasteiger partial charge in [0, 0.05) is 23.0 Å². The fraction of sp³-hybridized carbons (Fsp3) is 0.211. The third-order valence-electron chi connectivity index (χ3n) is 3.85. The van der Waals surface area contributed by atoms with Crippen molar-refractivity contribution < 1.29 is 22.7 Å². The zero-order chi connectivity index (χ0) is 19.6. The highest BCUT2D eigenvalue weighted by molar-refractivity contribution is 6.05. The summed E-state index contributed by atoms with van der Waals surface area (Å²) in [6.45, 7) is 3.67. The number of rotatable bonds is 4. The molecule has 148 valence electrons. The van der Waals surface area contributed by atoms with E-state index < -0.39 is 17.7 Å². The first-order chi connectivity index (χ1) is 12.8. The van der Waals surface area contributed by atoms with Crippen LogP contribution in [0.4, 0.5) is 24.5 Å². The molecule has 0 atom stereocenters. The number of benzene rings is 1. The summed E-state index contributed by atoms with van der Waals surface area (Å²) in [4.78, 5) is 20.8. The molecule has 2 aromatic heterocycles. The normalized spacial score (nSPS) is 11.0. The van der Waals surface area contributed by atoms with Crippen LogP contribution in [0.2, 0.25) is 0 Å². The third-order valence-corrected chi connectivity index (χ3v) is 3.85. The Labute approximate surface area is 165 Å². The molecule has 9 heteroatoms. The summed E-state index contributed by atoms with van der Waals surface area (Å²) >= 11 is 0. The number of nitrogens with one attached hydrogen (secondary N) is 1. The number of hydrogen-bond acceptors (Lipinski definition) is 5. The van der Waals surface area contributed by atoms with Crippen LogP contribution in [0.1, 0.15) is 28.5 Å². The van der Waals surface area contributed by atoms with Crippen LogP contribution in [0.5, 0.6) is 0 Å². The average molecular weight is 412 g/mol. The summed E-state index contributed by atoms with van der Waals surface area (Å²) in [5.74, 6) is -0.582. The number of alkyl halides is 3. The second-order valence-electron chi connectivity index (χ2n) is 5.79. The van der Waals surface area contributed by atoms with Gasteiger partial charge in [-0.3, -0.25) is 0 Å². The van der Waals surface area contributed by atoms with Gasteiger partial charge in [-0.15, -0.1) is 12.4 Å². The van der Waals surface area contributed by atoms with Crippen molar-refractivity contribution in [2.75, 3.05) is 11.9 Å². The van der Waals surface area contributed by atoms with Gasteiger partial charge in [0.15, 0.2) is 5.65 Å². The van der Waals surface area contributed by atoms with Crippen molar-refractivity contribution in [2.24, 2.45) is 0 Å². The lowest BCUT2D eigenvalue weighted by Gasteiger charge is -2.15. The lowest BCUT2D eigenvalue weighted by atomic mass is 10.1. The Morgan fingerprint density at radius 1 is 1.14 bits per heavy atom. The van der Waals surface area contributed by atoms with Crippen LogP contribution in [0.25, 0.3) is 11.0 Å². The zero-order valence-electron chi connectivity index (χ0n) is 15.0. The fourth-order valence-corrected chi connectivity index (χ4v) is 2.56. The van der Waals surface area contributed by atoms with Gasteiger partial charge in [-0.2, -0.15) is 13.2 Å². The maximum atomic E-state index is 12.7. The highest BCUT2D eigenvalue weighted by atomic mass is 35.5. The molecule has 5 nitrogen and oxygen atoms in total. The molecule has 0 spiro atoms. The second-order valence-corrected chi connectivity index (χ2v) is 5.79. The van der Waals surface area contributed by atoms with Crippen molar-refractivity contribution in [1.29, 1.82) is 0 Å². The van der Waals surface area contributed by atoms with E-state index in [1.165, 1.54) is 18.3 Å². The minimum Gasteiger partial charge on any atom is -0.462 e. The first-order valence-electron chi connectivity index (χ1n) is 8.17. The Morgan fingerprint density at radius 3 is 2.43 bits per heavy atom. The van der Waals surface area contributed by atoms with Crippen molar-refractivity contribution in [1.82, 2.24) is 9.97 Å². The van der Waals surface area contributed by atoms with Crippen molar-refractivity contribution >= 4 is 40.8 Å². The summed E-state index contributed by atoms with van der Waals surface area (Å²) in [7, 11) is 0. The Hall–Kier alpha value is -2.87. The largest absolute Gasteiger partial charge is 0.462 e. The summed E-state index contributed by atoms with van der Waals surface area (Å²) in [6.07, 6.45) is -3.07. The quantitative estimate of drug-likeness (QED) is 0.590. The monoisotopic (exact) mass is 411 g/mol. The zero-order valence-corrected chi connectivity index (χ0v) is 15.8. The Bertz CT molecular complexity index is 992.